The molecule has 0 radical (unpaired) electrons. The molecule has 1 aliphatic carbocycles. The van der Waals surface area contributed by atoms with Gasteiger partial charge in [-0.15, -0.1) is 0 Å². The first-order chi connectivity index (χ1) is 8.24. The number of ether oxygens (including phenoxy) is 1. The van der Waals surface area contributed by atoms with Crippen molar-refractivity contribution in [3.63, 3.8) is 0 Å². The first-order valence-electron chi connectivity index (χ1n) is 5.36. The van der Waals surface area contributed by atoms with E-state index in [1.807, 2.05) is 0 Å². The van der Waals surface area contributed by atoms with Crippen LogP contribution in [0.15, 0.2) is 36.0 Å². The number of hydrogen-bond donors (Lipinski definition) is 1. The molecule has 2 rings (SSSR count). The van der Waals surface area contributed by atoms with E-state index in [9.17, 15) is 9.59 Å². The van der Waals surface area contributed by atoms with E-state index in [-0.39, 0.29) is 11.6 Å². The van der Waals surface area contributed by atoms with Crippen molar-refractivity contribution in [3.8, 4) is 0 Å². The van der Waals surface area contributed by atoms with E-state index in [2.05, 4.69) is 5.32 Å². The van der Waals surface area contributed by atoms with Crippen molar-refractivity contribution in [2.24, 2.45) is 0 Å². The van der Waals surface area contributed by atoms with E-state index in [1.54, 1.807) is 31.4 Å². The Morgan fingerprint density at radius 2 is 1.88 bits per heavy atom. The zero-order valence-corrected chi connectivity index (χ0v) is 9.53. The normalized spacial score (nSPS) is 14.3. The van der Waals surface area contributed by atoms with Crippen LogP contribution in [0, 0.1) is 0 Å². The molecule has 0 unspecified atom stereocenters. The van der Waals surface area contributed by atoms with Crippen LogP contribution in [-0.2, 0) is 4.74 Å². The van der Waals surface area contributed by atoms with E-state index in [0.717, 1.165) is 0 Å². The minimum absolute atomic E-state index is 0.139. The van der Waals surface area contributed by atoms with E-state index in [4.69, 9.17) is 4.74 Å². The molecule has 0 fully saturated rings. The average molecular weight is 231 g/mol. The second-order valence-electron chi connectivity index (χ2n) is 3.72. The van der Waals surface area contributed by atoms with Crippen LogP contribution in [0.1, 0.15) is 20.7 Å². The molecule has 4 heteroatoms. The molecule has 0 spiro atoms. The highest BCUT2D eigenvalue weighted by Crippen LogP contribution is 2.19. The molecule has 0 bridgehead atoms. The summed E-state index contributed by atoms with van der Waals surface area (Å²) in [7, 11) is 1.58. The lowest BCUT2D eigenvalue weighted by Crippen LogP contribution is -2.28. The van der Waals surface area contributed by atoms with Crippen LogP contribution in [0.25, 0.3) is 0 Å². The van der Waals surface area contributed by atoms with Gasteiger partial charge in [-0.25, -0.2) is 0 Å². The fourth-order valence-corrected chi connectivity index (χ4v) is 1.73. The molecule has 1 aromatic rings. The third kappa shape index (κ3) is 2.26. The number of carbonyl (C=O) groups excluding carboxylic acids is 2. The van der Waals surface area contributed by atoms with Gasteiger partial charge in [0.25, 0.3) is 0 Å². The highest BCUT2D eigenvalue weighted by molar-refractivity contribution is 6.24. The maximum Gasteiger partial charge on any atom is 0.209 e. The molecule has 0 amide bonds. The monoisotopic (exact) mass is 231 g/mol. The maximum atomic E-state index is 12.0. The van der Waals surface area contributed by atoms with Gasteiger partial charge in [0.15, 0.2) is 5.78 Å². The fourth-order valence-electron chi connectivity index (χ4n) is 1.73. The standard InChI is InChI=1S/C13H13NO3/c1-17-7-6-14-11-8-12(15)9-4-2-3-5-10(9)13(11)16/h2-5,8,14H,6-7H2,1H3. The number of methoxy groups -OCH3 is 1. The number of hydrogen-bond acceptors (Lipinski definition) is 4. The summed E-state index contributed by atoms with van der Waals surface area (Å²) < 4.78 is 4.88. The largest absolute Gasteiger partial charge is 0.383 e. The molecular weight excluding hydrogens is 218 g/mol. The van der Waals surface area contributed by atoms with Gasteiger partial charge >= 0.3 is 0 Å². The van der Waals surface area contributed by atoms with Crippen molar-refractivity contribution >= 4 is 11.6 Å². The number of ketones is 2. The summed E-state index contributed by atoms with van der Waals surface area (Å²) in [6, 6.07) is 6.84. The second-order valence-corrected chi connectivity index (χ2v) is 3.72. The number of allylic oxidation sites excluding steroid dienone is 2. The van der Waals surface area contributed by atoms with Crippen LogP contribution in [0.2, 0.25) is 0 Å². The molecule has 0 heterocycles. The summed E-state index contributed by atoms with van der Waals surface area (Å²) in [6.07, 6.45) is 1.35. The van der Waals surface area contributed by atoms with Crippen molar-refractivity contribution in [1.82, 2.24) is 5.32 Å². The quantitative estimate of drug-likeness (QED) is 0.791. The zero-order valence-electron chi connectivity index (χ0n) is 9.53. The molecule has 1 aliphatic rings. The third-order valence-corrected chi connectivity index (χ3v) is 2.58. The van der Waals surface area contributed by atoms with Crippen LogP contribution in [0.3, 0.4) is 0 Å². The highest BCUT2D eigenvalue weighted by Gasteiger charge is 2.24. The van der Waals surface area contributed by atoms with Crippen molar-refractivity contribution in [1.29, 1.82) is 0 Å². The van der Waals surface area contributed by atoms with Gasteiger partial charge < -0.3 is 10.1 Å². The molecule has 0 atom stereocenters. The Labute approximate surface area is 99.3 Å². The minimum Gasteiger partial charge on any atom is -0.383 e. The van der Waals surface area contributed by atoms with Gasteiger partial charge in [-0.05, 0) is 0 Å². The second kappa shape index (κ2) is 4.93. The predicted molar refractivity (Wildman–Crippen MR) is 63.1 cm³/mol. The summed E-state index contributed by atoms with van der Waals surface area (Å²) in [5.41, 5.74) is 1.26. The predicted octanol–water partition coefficient (Wildman–Crippen LogP) is 1.19. The Hall–Kier alpha value is -1.94. The average Bonchev–Trinajstić information content (AvgIpc) is 2.36. The summed E-state index contributed by atoms with van der Waals surface area (Å²) in [5, 5.41) is 2.91. The summed E-state index contributed by atoms with van der Waals surface area (Å²) in [4.78, 5) is 23.8. The lowest BCUT2D eigenvalue weighted by Gasteiger charge is -2.15. The van der Waals surface area contributed by atoms with Crippen LogP contribution in [0.5, 0.6) is 0 Å². The molecule has 1 aromatic carbocycles. The number of Topliss-reactive ketones (excluding diaryl/α,β-unsaturated/α-hetero) is 1. The van der Waals surface area contributed by atoms with Gasteiger partial charge in [0, 0.05) is 30.9 Å². The molecule has 88 valence electrons. The lowest BCUT2D eigenvalue weighted by atomic mass is 9.93. The van der Waals surface area contributed by atoms with E-state index in [1.165, 1.54) is 6.08 Å². The molecular formula is C13H13NO3. The lowest BCUT2D eigenvalue weighted by molar-refractivity contribution is 0.0976. The number of carbonyl (C=O) groups is 2. The smallest absolute Gasteiger partial charge is 0.209 e. The van der Waals surface area contributed by atoms with Crippen LogP contribution in [-0.4, -0.2) is 31.8 Å². The van der Waals surface area contributed by atoms with E-state index < -0.39 is 0 Å². The Bertz CT molecular complexity index is 491. The molecule has 0 aliphatic heterocycles. The van der Waals surface area contributed by atoms with E-state index in [0.29, 0.717) is 30.0 Å². The molecule has 0 saturated heterocycles. The Kier molecular flexibility index (Phi) is 3.35. The van der Waals surface area contributed by atoms with Gasteiger partial charge in [-0.2, -0.15) is 0 Å². The fraction of sp³-hybridized carbons (Fsp3) is 0.231. The Balaban J connectivity index is 2.23. The van der Waals surface area contributed by atoms with Gasteiger partial charge in [0.1, 0.15) is 0 Å². The van der Waals surface area contributed by atoms with E-state index >= 15 is 0 Å². The van der Waals surface area contributed by atoms with Crippen molar-refractivity contribution < 1.29 is 14.3 Å². The molecule has 1 N–H and O–H groups in total. The van der Waals surface area contributed by atoms with Crippen molar-refractivity contribution in [2.75, 3.05) is 20.3 Å². The van der Waals surface area contributed by atoms with Gasteiger partial charge in [-0.3, -0.25) is 9.59 Å². The number of benzene rings is 1. The van der Waals surface area contributed by atoms with Crippen LogP contribution >= 0.6 is 0 Å². The molecule has 0 saturated carbocycles. The first-order valence-corrected chi connectivity index (χ1v) is 5.36. The van der Waals surface area contributed by atoms with Gasteiger partial charge in [0.05, 0.1) is 12.3 Å². The topological polar surface area (TPSA) is 55.4 Å². The summed E-state index contributed by atoms with van der Waals surface area (Å²) in [6.45, 7) is 0.990. The number of rotatable bonds is 4. The third-order valence-electron chi connectivity index (χ3n) is 2.58. The molecule has 4 nitrogen and oxygen atoms in total. The zero-order chi connectivity index (χ0) is 12.3. The molecule has 0 aromatic heterocycles. The maximum absolute atomic E-state index is 12.0. The van der Waals surface area contributed by atoms with Crippen LogP contribution < -0.4 is 5.32 Å². The van der Waals surface area contributed by atoms with Gasteiger partial charge in [0.2, 0.25) is 5.78 Å². The van der Waals surface area contributed by atoms with Crippen molar-refractivity contribution in [2.45, 2.75) is 0 Å². The Morgan fingerprint density at radius 3 is 2.59 bits per heavy atom. The first kappa shape index (κ1) is 11.5. The SMILES string of the molecule is COCCNC1=CC(=O)c2ccccc2C1=O. The highest BCUT2D eigenvalue weighted by atomic mass is 16.5. The number of fused-ring (bicyclic) bond motifs is 1. The summed E-state index contributed by atoms with van der Waals surface area (Å²) in [5.74, 6) is -0.281. The minimum atomic E-state index is -0.142. The van der Waals surface area contributed by atoms with Crippen molar-refractivity contribution in [3.05, 3.63) is 47.2 Å². The van der Waals surface area contributed by atoms with Crippen LogP contribution in [0.4, 0.5) is 0 Å². The molecule has 17 heavy (non-hydrogen) atoms. The summed E-state index contributed by atoms with van der Waals surface area (Å²) >= 11 is 0. The van der Waals surface area contributed by atoms with Gasteiger partial charge in [-0.1, -0.05) is 24.3 Å². The Morgan fingerprint density at radius 1 is 1.18 bits per heavy atom. The number of nitrogens with one attached hydrogen (secondary N) is 1.